The van der Waals surface area contributed by atoms with Crippen molar-refractivity contribution in [1.82, 2.24) is 10.2 Å². The number of hydrogen-bond acceptors (Lipinski definition) is 4. The number of halogens is 1. The quantitative estimate of drug-likeness (QED) is 0.770. The lowest BCUT2D eigenvalue weighted by atomic mass is 10.0. The van der Waals surface area contributed by atoms with Gasteiger partial charge < -0.3 is 10.6 Å². The summed E-state index contributed by atoms with van der Waals surface area (Å²) in [6.07, 6.45) is 0.652. The molecule has 0 bridgehead atoms. The molecule has 3 amide bonds. The molecule has 0 saturated carbocycles. The van der Waals surface area contributed by atoms with E-state index in [0.717, 1.165) is 11.1 Å². The van der Waals surface area contributed by atoms with E-state index < -0.39 is 6.04 Å². The normalized spacial score (nSPS) is 20.9. The predicted molar refractivity (Wildman–Crippen MR) is 77.6 cm³/mol. The fourth-order valence-electron chi connectivity index (χ4n) is 2.73. The largest absolute Gasteiger partial charge is 0.326 e. The number of nitrogens with zero attached hydrogens (tertiary/aromatic N) is 1. The predicted octanol–water partition coefficient (Wildman–Crippen LogP) is 0.328. The van der Waals surface area contributed by atoms with Crippen LogP contribution in [0.3, 0.4) is 0 Å². The molecule has 6 nitrogen and oxygen atoms in total. The maximum absolute atomic E-state index is 12.4. The monoisotopic (exact) mass is 309 g/mol. The first-order valence-electron chi connectivity index (χ1n) is 6.56. The van der Waals surface area contributed by atoms with Crippen molar-refractivity contribution < 1.29 is 14.4 Å². The molecule has 3 rings (SSSR count). The van der Waals surface area contributed by atoms with Gasteiger partial charge in [0.25, 0.3) is 5.91 Å². The average Bonchev–Trinajstić information content (AvgIpc) is 2.76. The molecule has 1 atom stereocenters. The van der Waals surface area contributed by atoms with Crippen LogP contribution in [0.5, 0.6) is 0 Å². The molecule has 2 aliphatic heterocycles. The van der Waals surface area contributed by atoms with Crippen molar-refractivity contribution in [2.24, 2.45) is 5.73 Å². The molecule has 0 aromatic heterocycles. The molecule has 1 fully saturated rings. The van der Waals surface area contributed by atoms with Crippen molar-refractivity contribution in [2.45, 2.75) is 32.0 Å². The van der Waals surface area contributed by atoms with Crippen molar-refractivity contribution in [3.8, 4) is 0 Å². The summed E-state index contributed by atoms with van der Waals surface area (Å²) < 4.78 is 0. The maximum atomic E-state index is 12.4. The molecule has 0 spiro atoms. The van der Waals surface area contributed by atoms with Gasteiger partial charge in [0.15, 0.2) is 0 Å². The summed E-state index contributed by atoms with van der Waals surface area (Å²) in [6, 6.07) is 4.99. The molecule has 7 heteroatoms. The van der Waals surface area contributed by atoms with E-state index in [9.17, 15) is 14.4 Å². The van der Waals surface area contributed by atoms with Crippen molar-refractivity contribution in [2.75, 3.05) is 0 Å². The molecule has 1 saturated heterocycles. The van der Waals surface area contributed by atoms with Crippen LogP contribution in [0.4, 0.5) is 0 Å². The lowest BCUT2D eigenvalue weighted by molar-refractivity contribution is -0.136. The van der Waals surface area contributed by atoms with Gasteiger partial charge in [0.05, 0.1) is 0 Å². The Bertz CT molecular complexity index is 617. The summed E-state index contributed by atoms with van der Waals surface area (Å²) in [5.41, 5.74) is 7.98. The van der Waals surface area contributed by atoms with Gasteiger partial charge in [0.1, 0.15) is 6.04 Å². The Morgan fingerprint density at radius 2 is 2.05 bits per heavy atom. The molecule has 2 aliphatic rings. The smallest absolute Gasteiger partial charge is 0.255 e. The first kappa shape index (κ1) is 15.5. The number of fused-ring (bicyclic) bond motifs is 1. The van der Waals surface area contributed by atoms with Crippen LogP contribution in [0, 0.1) is 0 Å². The van der Waals surface area contributed by atoms with Gasteiger partial charge in [0, 0.05) is 25.1 Å². The Labute approximate surface area is 128 Å². The molecule has 1 aromatic rings. The van der Waals surface area contributed by atoms with Crippen LogP contribution in [0.25, 0.3) is 0 Å². The van der Waals surface area contributed by atoms with Crippen molar-refractivity contribution in [3.05, 3.63) is 34.9 Å². The van der Waals surface area contributed by atoms with Crippen LogP contribution in [-0.2, 0) is 22.7 Å². The Hall–Kier alpha value is -1.92. The van der Waals surface area contributed by atoms with Gasteiger partial charge in [-0.3, -0.25) is 19.7 Å². The molecule has 1 aromatic carbocycles. The second-order valence-corrected chi connectivity index (χ2v) is 5.10. The standard InChI is InChI=1S/C14H15N3O3.ClH/c15-6-8-1-2-9-7-17(14(20)10(9)5-8)11-3-4-12(18)16-13(11)19;/h1-2,5,11H,3-4,6-7,15H2,(H,16,18,19);1H. The number of hydrogen-bond donors (Lipinski definition) is 2. The van der Waals surface area contributed by atoms with E-state index in [-0.39, 0.29) is 36.5 Å². The number of rotatable bonds is 2. The van der Waals surface area contributed by atoms with Crippen molar-refractivity contribution in [3.63, 3.8) is 0 Å². The van der Waals surface area contributed by atoms with Gasteiger partial charge in [-0.15, -0.1) is 12.4 Å². The van der Waals surface area contributed by atoms with Crippen LogP contribution in [0.2, 0.25) is 0 Å². The summed E-state index contributed by atoms with van der Waals surface area (Å²) in [5, 5.41) is 2.28. The molecular formula is C14H16ClN3O3. The minimum atomic E-state index is -0.561. The maximum Gasteiger partial charge on any atom is 0.255 e. The summed E-state index contributed by atoms with van der Waals surface area (Å²) in [4.78, 5) is 37.0. The molecule has 3 N–H and O–H groups in total. The first-order valence-corrected chi connectivity index (χ1v) is 6.56. The number of imide groups is 1. The summed E-state index contributed by atoms with van der Waals surface area (Å²) in [5.74, 6) is -0.827. The number of carbonyl (C=O) groups excluding carboxylic acids is 3. The Morgan fingerprint density at radius 3 is 2.71 bits per heavy atom. The Kier molecular flexibility index (Phi) is 4.29. The van der Waals surface area contributed by atoms with Crippen LogP contribution < -0.4 is 11.1 Å². The lowest BCUT2D eigenvalue weighted by Crippen LogP contribution is -2.52. The van der Waals surface area contributed by atoms with E-state index in [1.165, 1.54) is 4.90 Å². The van der Waals surface area contributed by atoms with Crippen LogP contribution in [0.15, 0.2) is 18.2 Å². The zero-order chi connectivity index (χ0) is 14.3. The third-order valence-electron chi connectivity index (χ3n) is 3.83. The summed E-state index contributed by atoms with van der Waals surface area (Å²) >= 11 is 0. The highest BCUT2D eigenvalue weighted by Gasteiger charge is 2.38. The molecule has 0 radical (unpaired) electrons. The second-order valence-electron chi connectivity index (χ2n) is 5.10. The van der Waals surface area contributed by atoms with E-state index >= 15 is 0 Å². The van der Waals surface area contributed by atoms with E-state index in [1.807, 2.05) is 12.1 Å². The number of amides is 3. The number of piperidine rings is 1. The summed E-state index contributed by atoms with van der Waals surface area (Å²) in [6.45, 7) is 0.782. The number of benzene rings is 1. The Balaban J connectivity index is 0.00000161. The van der Waals surface area contributed by atoms with Crippen LogP contribution in [0.1, 0.15) is 34.3 Å². The SMILES string of the molecule is Cl.NCc1ccc2c(c1)C(=O)N(C1CCC(=O)NC1=O)C2. The number of nitrogens with one attached hydrogen (secondary N) is 1. The fraction of sp³-hybridized carbons (Fsp3) is 0.357. The van der Waals surface area contributed by atoms with Gasteiger partial charge >= 0.3 is 0 Å². The summed E-state index contributed by atoms with van der Waals surface area (Å²) in [7, 11) is 0. The highest BCUT2D eigenvalue weighted by atomic mass is 35.5. The zero-order valence-corrected chi connectivity index (χ0v) is 12.1. The topological polar surface area (TPSA) is 92.5 Å². The number of nitrogens with two attached hydrogens (primary N) is 1. The van der Waals surface area contributed by atoms with Gasteiger partial charge in [0.2, 0.25) is 11.8 Å². The van der Waals surface area contributed by atoms with E-state index in [1.54, 1.807) is 6.07 Å². The molecule has 2 heterocycles. The van der Waals surface area contributed by atoms with E-state index in [2.05, 4.69) is 5.32 Å². The van der Waals surface area contributed by atoms with E-state index in [4.69, 9.17) is 5.73 Å². The van der Waals surface area contributed by atoms with Crippen molar-refractivity contribution in [1.29, 1.82) is 0 Å². The van der Waals surface area contributed by atoms with E-state index in [0.29, 0.717) is 25.1 Å². The van der Waals surface area contributed by atoms with Gasteiger partial charge in [-0.2, -0.15) is 0 Å². The molecule has 112 valence electrons. The van der Waals surface area contributed by atoms with Gasteiger partial charge in [-0.25, -0.2) is 0 Å². The van der Waals surface area contributed by atoms with Crippen LogP contribution in [-0.4, -0.2) is 28.7 Å². The molecular weight excluding hydrogens is 294 g/mol. The Morgan fingerprint density at radius 1 is 1.29 bits per heavy atom. The van der Waals surface area contributed by atoms with Crippen LogP contribution >= 0.6 is 12.4 Å². The first-order chi connectivity index (χ1) is 9.60. The minimum absolute atomic E-state index is 0. The average molecular weight is 310 g/mol. The third kappa shape index (κ3) is 2.64. The second kappa shape index (κ2) is 5.83. The van der Waals surface area contributed by atoms with Crippen molar-refractivity contribution >= 4 is 30.1 Å². The van der Waals surface area contributed by atoms with Gasteiger partial charge in [-0.1, -0.05) is 12.1 Å². The molecule has 21 heavy (non-hydrogen) atoms. The minimum Gasteiger partial charge on any atom is -0.326 e. The third-order valence-corrected chi connectivity index (χ3v) is 3.83. The van der Waals surface area contributed by atoms with Gasteiger partial charge in [-0.05, 0) is 23.6 Å². The highest BCUT2D eigenvalue weighted by molar-refractivity contribution is 6.05. The lowest BCUT2D eigenvalue weighted by Gasteiger charge is -2.29. The number of carbonyl (C=O) groups is 3. The molecule has 1 unspecified atom stereocenters. The fourth-order valence-corrected chi connectivity index (χ4v) is 2.73. The molecule has 0 aliphatic carbocycles. The highest BCUT2D eigenvalue weighted by Crippen LogP contribution is 2.28. The zero-order valence-electron chi connectivity index (χ0n) is 11.3.